The predicted octanol–water partition coefficient (Wildman–Crippen LogP) is 6.05. The third kappa shape index (κ3) is 4.97. The van der Waals surface area contributed by atoms with Crippen molar-refractivity contribution in [2.24, 2.45) is 17.8 Å². The van der Waals surface area contributed by atoms with E-state index < -0.39 is 0 Å². The van der Waals surface area contributed by atoms with Crippen molar-refractivity contribution in [3.05, 3.63) is 0 Å². The Bertz CT molecular complexity index is 330. The number of hydrogen-bond acceptors (Lipinski definition) is 2. The first-order valence-corrected chi connectivity index (χ1v) is 11.2. The van der Waals surface area contributed by atoms with Gasteiger partial charge in [0.05, 0.1) is 6.10 Å². The third-order valence-electron chi connectivity index (χ3n) is 7.10. The van der Waals surface area contributed by atoms with Gasteiger partial charge < -0.3 is 4.74 Å². The molecule has 1 saturated heterocycles. The maximum absolute atomic E-state index is 6.39. The van der Waals surface area contributed by atoms with Crippen LogP contribution in [0.1, 0.15) is 104 Å². The molecular weight excluding hydrogens is 294 g/mol. The summed E-state index contributed by atoms with van der Waals surface area (Å²) in [7, 11) is 0. The molecule has 0 aromatic rings. The molecule has 1 N–H and O–H groups in total. The SMILES string of the molecule is CCCC(CCC)CCC1CCC(C2NC3CCCCC3O2)CC1. The van der Waals surface area contributed by atoms with Gasteiger partial charge >= 0.3 is 0 Å². The lowest BCUT2D eigenvalue weighted by Crippen LogP contribution is -2.39. The first kappa shape index (κ1) is 18.7. The lowest BCUT2D eigenvalue weighted by molar-refractivity contribution is -0.0190. The maximum atomic E-state index is 6.39. The van der Waals surface area contributed by atoms with E-state index >= 15 is 0 Å². The van der Waals surface area contributed by atoms with Gasteiger partial charge in [-0.25, -0.2) is 0 Å². The Kier molecular flexibility index (Phi) is 7.46. The van der Waals surface area contributed by atoms with E-state index in [1.807, 2.05) is 0 Å². The molecule has 3 atom stereocenters. The average Bonchev–Trinajstić information content (AvgIpc) is 3.05. The summed E-state index contributed by atoms with van der Waals surface area (Å²) in [5.41, 5.74) is 0. The Morgan fingerprint density at radius 2 is 1.58 bits per heavy atom. The molecule has 3 rings (SSSR count). The lowest BCUT2D eigenvalue weighted by Gasteiger charge is -2.32. The Labute approximate surface area is 150 Å². The number of ether oxygens (including phenoxy) is 1. The zero-order chi connectivity index (χ0) is 16.8. The van der Waals surface area contributed by atoms with Crippen LogP contribution in [-0.2, 0) is 4.74 Å². The van der Waals surface area contributed by atoms with E-state index in [4.69, 9.17) is 4.74 Å². The first-order valence-electron chi connectivity index (χ1n) is 11.2. The summed E-state index contributed by atoms with van der Waals surface area (Å²) in [6.07, 6.45) is 20.6. The van der Waals surface area contributed by atoms with Gasteiger partial charge in [0.15, 0.2) is 0 Å². The molecule has 2 aliphatic carbocycles. The van der Waals surface area contributed by atoms with Gasteiger partial charge in [-0.15, -0.1) is 0 Å². The second-order valence-electron chi connectivity index (χ2n) is 8.95. The molecule has 140 valence electrons. The molecular formula is C22H41NO. The van der Waals surface area contributed by atoms with E-state index in [1.54, 1.807) is 0 Å². The number of nitrogens with one attached hydrogen (secondary N) is 1. The van der Waals surface area contributed by atoms with Crippen molar-refractivity contribution < 1.29 is 4.74 Å². The predicted molar refractivity (Wildman–Crippen MR) is 102 cm³/mol. The molecule has 3 unspecified atom stereocenters. The second kappa shape index (κ2) is 9.57. The molecule has 3 fully saturated rings. The second-order valence-corrected chi connectivity index (χ2v) is 8.95. The van der Waals surface area contributed by atoms with Gasteiger partial charge in [0.1, 0.15) is 6.23 Å². The zero-order valence-corrected chi connectivity index (χ0v) is 16.3. The molecule has 0 amide bonds. The molecule has 0 radical (unpaired) electrons. The molecule has 24 heavy (non-hydrogen) atoms. The average molecular weight is 336 g/mol. The van der Waals surface area contributed by atoms with Crippen molar-refractivity contribution in [1.82, 2.24) is 5.32 Å². The summed E-state index contributed by atoms with van der Waals surface area (Å²) in [4.78, 5) is 0. The Morgan fingerprint density at radius 3 is 2.25 bits per heavy atom. The van der Waals surface area contributed by atoms with Crippen LogP contribution in [0.3, 0.4) is 0 Å². The fraction of sp³-hybridized carbons (Fsp3) is 1.00. The fourth-order valence-electron chi connectivity index (χ4n) is 5.64. The molecule has 2 heteroatoms. The van der Waals surface area contributed by atoms with Gasteiger partial charge in [0.25, 0.3) is 0 Å². The van der Waals surface area contributed by atoms with Crippen LogP contribution in [0.5, 0.6) is 0 Å². The van der Waals surface area contributed by atoms with Crippen LogP contribution < -0.4 is 5.32 Å². The smallest absolute Gasteiger partial charge is 0.111 e. The van der Waals surface area contributed by atoms with Crippen LogP contribution in [0.2, 0.25) is 0 Å². The first-order chi connectivity index (χ1) is 11.8. The van der Waals surface area contributed by atoms with Gasteiger partial charge in [0.2, 0.25) is 0 Å². The summed E-state index contributed by atoms with van der Waals surface area (Å²) < 4.78 is 6.39. The van der Waals surface area contributed by atoms with Crippen molar-refractivity contribution in [3.63, 3.8) is 0 Å². The molecule has 1 aliphatic heterocycles. The van der Waals surface area contributed by atoms with Crippen molar-refractivity contribution in [2.45, 2.75) is 122 Å². The van der Waals surface area contributed by atoms with Crippen LogP contribution in [0.15, 0.2) is 0 Å². The molecule has 2 saturated carbocycles. The normalized spacial score (nSPS) is 36.9. The highest BCUT2D eigenvalue weighted by Gasteiger charge is 2.40. The van der Waals surface area contributed by atoms with Crippen LogP contribution in [0.4, 0.5) is 0 Å². The third-order valence-corrected chi connectivity index (χ3v) is 7.10. The number of rotatable bonds is 8. The summed E-state index contributed by atoms with van der Waals surface area (Å²) in [5, 5.41) is 3.84. The van der Waals surface area contributed by atoms with Gasteiger partial charge in [-0.3, -0.25) is 5.32 Å². The van der Waals surface area contributed by atoms with Gasteiger partial charge in [-0.2, -0.15) is 0 Å². The van der Waals surface area contributed by atoms with E-state index in [0.29, 0.717) is 18.4 Å². The number of fused-ring (bicyclic) bond motifs is 1. The Hall–Kier alpha value is -0.0800. The molecule has 2 nitrogen and oxygen atoms in total. The highest BCUT2D eigenvalue weighted by molar-refractivity contribution is 4.91. The Morgan fingerprint density at radius 1 is 0.875 bits per heavy atom. The van der Waals surface area contributed by atoms with E-state index in [2.05, 4.69) is 19.2 Å². The number of hydrogen-bond donors (Lipinski definition) is 1. The molecule has 0 spiro atoms. The van der Waals surface area contributed by atoms with E-state index in [1.165, 1.54) is 89.9 Å². The molecule has 0 bridgehead atoms. The minimum absolute atomic E-state index is 0.381. The van der Waals surface area contributed by atoms with Crippen molar-refractivity contribution in [2.75, 3.05) is 0 Å². The monoisotopic (exact) mass is 335 g/mol. The van der Waals surface area contributed by atoms with Crippen molar-refractivity contribution in [1.29, 1.82) is 0 Å². The van der Waals surface area contributed by atoms with Gasteiger partial charge in [0, 0.05) is 6.04 Å². The van der Waals surface area contributed by atoms with Crippen LogP contribution in [0.25, 0.3) is 0 Å². The van der Waals surface area contributed by atoms with E-state index in [9.17, 15) is 0 Å². The molecule has 3 aliphatic rings. The van der Waals surface area contributed by atoms with Crippen LogP contribution in [-0.4, -0.2) is 18.4 Å². The van der Waals surface area contributed by atoms with Gasteiger partial charge in [-0.05, 0) is 43.4 Å². The van der Waals surface area contributed by atoms with Crippen LogP contribution >= 0.6 is 0 Å². The van der Waals surface area contributed by atoms with Crippen molar-refractivity contribution in [3.8, 4) is 0 Å². The minimum atomic E-state index is 0.381. The Balaban J connectivity index is 1.36. The minimum Gasteiger partial charge on any atom is -0.358 e. The van der Waals surface area contributed by atoms with Crippen molar-refractivity contribution >= 4 is 0 Å². The zero-order valence-electron chi connectivity index (χ0n) is 16.3. The standard InChI is InChI=1S/C22H41NO/c1-3-7-17(8-4-2)11-12-18-13-15-19(16-14-18)22-23-20-9-5-6-10-21(20)24-22/h17-23H,3-16H2,1-2H3. The quantitative estimate of drug-likeness (QED) is 0.583. The topological polar surface area (TPSA) is 21.3 Å². The lowest BCUT2D eigenvalue weighted by atomic mass is 9.77. The fourth-order valence-corrected chi connectivity index (χ4v) is 5.64. The largest absolute Gasteiger partial charge is 0.358 e. The highest BCUT2D eigenvalue weighted by Crippen LogP contribution is 2.38. The summed E-state index contributed by atoms with van der Waals surface area (Å²) in [6, 6.07) is 0.672. The molecule has 0 aromatic carbocycles. The summed E-state index contributed by atoms with van der Waals surface area (Å²) >= 11 is 0. The highest BCUT2D eigenvalue weighted by atomic mass is 16.5. The maximum Gasteiger partial charge on any atom is 0.111 e. The molecule has 0 aromatic heterocycles. The molecule has 1 heterocycles. The summed E-state index contributed by atoms with van der Waals surface area (Å²) in [6.45, 7) is 4.69. The summed E-state index contributed by atoms with van der Waals surface area (Å²) in [5.74, 6) is 2.79. The van der Waals surface area contributed by atoms with E-state index in [-0.39, 0.29) is 0 Å². The van der Waals surface area contributed by atoms with E-state index in [0.717, 1.165) is 17.8 Å². The van der Waals surface area contributed by atoms with Crippen LogP contribution in [0, 0.1) is 17.8 Å². The van der Waals surface area contributed by atoms with Gasteiger partial charge in [-0.1, -0.05) is 78.1 Å².